The molecule has 0 spiro atoms. The number of likely N-dealkylation sites (N-methyl/N-ethyl adjacent to an activating group) is 1. The minimum absolute atomic E-state index is 0.759. The summed E-state index contributed by atoms with van der Waals surface area (Å²) in [6.45, 7) is 8.64. The highest BCUT2D eigenvalue weighted by molar-refractivity contribution is 5.47. The number of anilines is 2. The normalized spacial score (nSPS) is 10.9. The zero-order valence-corrected chi connectivity index (χ0v) is 13.8. The zero-order valence-electron chi connectivity index (χ0n) is 13.8. The number of hydrogen-bond acceptors (Lipinski definition) is 6. The van der Waals surface area contributed by atoms with Gasteiger partial charge in [0.25, 0.3) is 0 Å². The number of ether oxygens (including phenoxy) is 1. The highest BCUT2D eigenvalue weighted by Gasteiger charge is 2.04. The van der Waals surface area contributed by atoms with Crippen LogP contribution in [0, 0.1) is 0 Å². The van der Waals surface area contributed by atoms with Gasteiger partial charge in [0.1, 0.15) is 17.5 Å². The number of rotatable bonds is 11. The van der Waals surface area contributed by atoms with Crippen molar-refractivity contribution in [1.82, 2.24) is 14.9 Å². The molecular formula is C15H29N5O. The highest BCUT2D eigenvalue weighted by atomic mass is 16.5. The van der Waals surface area contributed by atoms with E-state index in [4.69, 9.17) is 4.74 Å². The van der Waals surface area contributed by atoms with Crippen molar-refractivity contribution in [3.05, 3.63) is 11.9 Å². The van der Waals surface area contributed by atoms with Gasteiger partial charge in [0.05, 0.1) is 6.61 Å². The molecule has 0 aliphatic carbocycles. The van der Waals surface area contributed by atoms with Crippen molar-refractivity contribution < 1.29 is 4.74 Å². The summed E-state index contributed by atoms with van der Waals surface area (Å²) in [5, 5.41) is 6.69. The monoisotopic (exact) mass is 295 g/mol. The fraction of sp³-hybridized carbons (Fsp3) is 0.733. The van der Waals surface area contributed by atoms with E-state index in [2.05, 4.69) is 46.4 Å². The van der Waals surface area contributed by atoms with E-state index < -0.39 is 0 Å². The molecule has 1 rings (SSSR count). The first-order valence-electron chi connectivity index (χ1n) is 7.72. The smallest absolute Gasteiger partial charge is 0.132 e. The molecule has 0 radical (unpaired) electrons. The maximum Gasteiger partial charge on any atom is 0.132 e. The molecule has 0 aliphatic heterocycles. The van der Waals surface area contributed by atoms with E-state index in [-0.39, 0.29) is 0 Å². The van der Waals surface area contributed by atoms with E-state index in [1.807, 2.05) is 6.07 Å². The van der Waals surface area contributed by atoms with Crippen LogP contribution in [0.2, 0.25) is 0 Å². The van der Waals surface area contributed by atoms with Gasteiger partial charge in [0.2, 0.25) is 0 Å². The van der Waals surface area contributed by atoms with Crippen molar-refractivity contribution in [3.63, 3.8) is 0 Å². The predicted octanol–water partition coefficient (Wildman–Crippen LogP) is 1.85. The molecule has 21 heavy (non-hydrogen) atoms. The van der Waals surface area contributed by atoms with E-state index in [9.17, 15) is 0 Å². The van der Waals surface area contributed by atoms with Crippen LogP contribution in [0.1, 0.15) is 26.1 Å². The fourth-order valence-electron chi connectivity index (χ4n) is 1.82. The van der Waals surface area contributed by atoms with Gasteiger partial charge in [-0.3, -0.25) is 0 Å². The first-order valence-corrected chi connectivity index (χ1v) is 7.72. The Kier molecular flexibility index (Phi) is 8.69. The first-order chi connectivity index (χ1) is 10.2. The summed E-state index contributed by atoms with van der Waals surface area (Å²) in [5.74, 6) is 2.66. The van der Waals surface area contributed by atoms with Crippen LogP contribution in [0.3, 0.4) is 0 Å². The van der Waals surface area contributed by atoms with Crippen molar-refractivity contribution in [1.29, 1.82) is 0 Å². The molecule has 0 saturated carbocycles. The Labute approximate surface area is 128 Å². The number of aromatic nitrogens is 2. The van der Waals surface area contributed by atoms with E-state index in [0.29, 0.717) is 0 Å². The lowest BCUT2D eigenvalue weighted by Gasteiger charge is -2.17. The lowest BCUT2D eigenvalue weighted by atomic mass is 10.4. The largest absolute Gasteiger partial charge is 0.383 e. The SMILES string of the molecule is CCCNc1cc(NCCN(C)CCOC)nc(CC)n1. The number of nitrogens with zero attached hydrogens (tertiary/aromatic N) is 3. The molecular weight excluding hydrogens is 266 g/mol. The van der Waals surface area contributed by atoms with E-state index in [0.717, 1.165) is 63.1 Å². The van der Waals surface area contributed by atoms with Crippen molar-refractivity contribution in [2.45, 2.75) is 26.7 Å². The van der Waals surface area contributed by atoms with Crippen LogP contribution in [0.15, 0.2) is 6.07 Å². The molecule has 0 bridgehead atoms. The van der Waals surface area contributed by atoms with Crippen LogP contribution >= 0.6 is 0 Å². The summed E-state index contributed by atoms with van der Waals surface area (Å²) in [7, 11) is 3.82. The standard InChI is InChI=1S/C15H29N5O/c1-5-7-16-14-12-15(19-13(6-2)18-14)17-8-9-20(3)10-11-21-4/h12H,5-11H2,1-4H3,(H2,16,17,18,19). The van der Waals surface area contributed by atoms with Crippen molar-refractivity contribution in [2.24, 2.45) is 0 Å². The van der Waals surface area contributed by atoms with Crippen molar-refractivity contribution >= 4 is 11.6 Å². The molecule has 0 aromatic carbocycles. The van der Waals surface area contributed by atoms with Crippen molar-refractivity contribution in [3.8, 4) is 0 Å². The third-order valence-corrected chi connectivity index (χ3v) is 3.12. The summed E-state index contributed by atoms with van der Waals surface area (Å²) in [4.78, 5) is 11.2. The average molecular weight is 295 g/mol. The summed E-state index contributed by atoms with van der Waals surface area (Å²) >= 11 is 0. The third kappa shape index (κ3) is 7.24. The van der Waals surface area contributed by atoms with Gasteiger partial charge in [-0.15, -0.1) is 0 Å². The third-order valence-electron chi connectivity index (χ3n) is 3.12. The molecule has 1 aromatic rings. The Morgan fingerprint density at radius 2 is 1.76 bits per heavy atom. The lowest BCUT2D eigenvalue weighted by molar-refractivity contribution is 0.163. The van der Waals surface area contributed by atoms with Gasteiger partial charge in [-0.2, -0.15) is 0 Å². The molecule has 6 heteroatoms. The topological polar surface area (TPSA) is 62.3 Å². The lowest BCUT2D eigenvalue weighted by Crippen LogP contribution is -2.28. The number of aryl methyl sites for hydroxylation is 1. The van der Waals surface area contributed by atoms with Crippen molar-refractivity contribution in [2.75, 3.05) is 57.6 Å². The fourth-order valence-corrected chi connectivity index (χ4v) is 1.82. The zero-order chi connectivity index (χ0) is 15.5. The van der Waals surface area contributed by atoms with Gasteiger partial charge < -0.3 is 20.3 Å². The minimum atomic E-state index is 0.759. The Morgan fingerprint density at radius 3 is 2.33 bits per heavy atom. The van der Waals surface area contributed by atoms with E-state index in [1.165, 1.54) is 0 Å². The van der Waals surface area contributed by atoms with Crippen LogP contribution in [-0.4, -0.2) is 61.8 Å². The molecule has 0 fully saturated rings. The number of hydrogen-bond donors (Lipinski definition) is 2. The maximum atomic E-state index is 5.07. The summed E-state index contributed by atoms with van der Waals surface area (Å²) in [6, 6.07) is 1.98. The molecule has 0 amide bonds. The van der Waals surface area contributed by atoms with E-state index in [1.54, 1.807) is 7.11 Å². The van der Waals surface area contributed by atoms with Gasteiger partial charge in [-0.25, -0.2) is 9.97 Å². The summed E-state index contributed by atoms with van der Waals surface area (Å²) in [6.07, 6.45) is 1.92. The average Bonchev–Trinajstić information content (AvgIpc) is 2.50. The highest BCUT2D eigenvalue weighted by Crippen LogP contribution is 2.11. The second-order valence-electron chi connectivity index (χ2n) is 5.06. The second-order valence-corrected chi connectivity index (χ2v) is 5.06. The molecule has 1 heterocycles. The van der Waals surface area contributed by atoms with Crippen LogP contribution in [0.5, 0.6) is 0 Å². The quantitative estimate of drug-likeness (QED) is 0.650. The van der Waals surface area contributed by atoms with Gasteiger partial charge in [0, 0.05) is 45.8 Å². The molecule has 120 valence electrons. The molecule has 0 atom stereocenters. The van der Waals surface area contributed by atoms with Gasteiger partial charge in [-0.1, -0.05) is 13.8 Å². The molecule has 1 aromatic heterocycles. The minimum Gasteiger partial charge on any atom is -0.383 e. The Balaban J connectivity index is 2.49. The maximum absolute atomic E-state index is 5.07. The first kappa shape index (κ1) is 17.7. The van der Waals surface area contributed by atoms with Crippen LogP contribution in [0.4, 0.5) is 11.6 Å². The molecule has 6 nitrogen and oxygen atoms in total. The Bertz CT molecular complexity index is 400. The number of nitrogens with one attached hydrogen (secondary N) is 2. The molecule has 2 N–H and O–H groups in total. The van der Waals surface area contributed by atoms with Crippen LogP contribution in [-0.2, 0) is 11.2 Å². The van der Waals surface area contributed by atoms with Gasteiger partial charge in [-0.05, 0) is 13.5 Å². The van der Waals surface area contributed by atoms with Crippen LogP contribution in [0.25, 0.3) is 0 Å². The van der Waals surface area contributed by atoms with E-state index >= 15 is 0 Å². The summed E-state index contributed by atoms with van der Waals surface area (Å²) in [5.41, 5.74) is 0. The molecule has 0 unspecified atom stereocenters. The molecule has 0 aliphatic rings. The molecule has 0 saturated heterocycles. The second kappa shape index (κ2) is 10.3. The Morgan fingerprint density at radius 1 is 1.10 bits per heavy atom. The van der Waals surface area contributed by atoms with Gasteiger partial charge >= 0.3 is 0 Å². The Hall–Kier alpha value is -1.40. The number of methoxy groups -OCH3 is 1. The summed E-state index contributed by atoms with van der Waals surface area (Å²) < 4.78 is 5.07. The van der Waals surface area contributed by atoms with Crippen LogP contribution < -0.4 is 10.6 Å². The predicted molar refractivity (Wildman–Crippen MR) is 88.1 cm³/mol. The van der Waals surface area contributed by atoms with Gasteiger partial charge in [0.15, 0.2) is 0 Å².